The molecule has 0 radical (unpaired) electrons. The van der Waals surface area contributed by atoms with E-state index in [1.165, 1.54) is 24.0 Å². The van der Waals surface area contributed by atoms with Gasteiger partial charge in [0.1, 0.15) is 0 Å². The Balaban J connectivity index is 2.27. The van der Waals surface area contributed by atoms with Gasteiger partial charge in [0.25, 0.3) is 10.0 Å². The van der Waals surface area contributed by atoms with Gasteiger partial charge >= 0.3 is 0 Å². The lowest BCUT2D eigenvalue weighted by molar-refractivity contribution is -0.116. The zero-order chi connectivity index (χ0) is 16.3. The van der Waals surface area contributed by atoms with E-state index in [0.717, 1.165) is 0 Å². The molecule has 7 heteroatoms. The first kappa shape index (κ1) is 16.3. The molecule has 22 heavy (non-hydrogen) atoms. The second-order valence-electron chi connectivity index (χ2n) is 4.66. The molecule has 0 aliphatic carbocycles. The molecule has 2 aromatic rings. The van der Waals surface area contributed by atoms with E-state index >= 15 is 0 Å². The van der Waals surface area contributed by atoms with Crippen molar-refractivity contribution < 1.29 is 13.2 Å². The summed E-state index contributed by atoms with van der Waals surface area (Å²) in [6.45, 7) is 1.43. The Bertz CT molecular complexity index is 789. The van der Waals surface area contributed by atoms with Gasteiger partial charge in [-0.05, 0) is 36.4 Å². The number of halogens is 1. The molecule has 0 atom stereocenters. The summed E-state index contributed by atoms with van der Waals surface area (Å²) in [5, 5.41) is 0.319. The second kappa shape index (κ2) is 6.37. The van der Waals surface area contributed by atoms with Crippen molar-refractivity contribution in [3.8, 4) is 0 Å². The van der Waals surface area contributed by atoms with Crippen molar-refractivity contribution in [2.75, 3.05) is 16.7 Å². The maximum atomic E-state index is 12.3. The summed E-state index contributed by atoms with van der Waals surface area (Å²) in [4.78, 5) is 12.8. The molecule has 0 saturated heterocycles. The molecule has 0 heterocycles. The number of nitrogens with one attached hydrogen (secondary N) is 1. The first-order valence-electron chi connectivity index (χ1n) is 6.43. The van der Waals surface area contributed by atoms with Crippen LogP contribution in [0.2, 0.25) is 5.02 Å². The number of para-hydroxylation sites is 1. The highest BCUT2D eigenvalue weighted by molar-refractivity contribution is 7.92. The van der Waals surface area contributed by atoms with Gasteiger partial charge in [-0.25, -0.2) is 8.42 Å². The maximum Gasteiger partial charge on any atom is 0.261 e. The number of carbonyl (C=O) groups excluding carboxylic acids is 1. The molecule has 0 fully saturated rings. The van der Waals surface area contributed by atoms with Crippen LogP contribution in [-0.2, 0) is 14.8 Å². The zero-order valence-electron chi connectivity index (χ0n) is 12.1. The molecule has 0 saturated carbocycles. The molecule has 0 unspecified atom stereocenters. The SMILES string of the molecule is CC(=O)N(C)c1ccc(S(=O)(=O)Nc2ccccc2Cl)cc1. The Labute approximate surface area is 134 Å². The number of anilines is 2. The predicted octanol–water partition coefficient (Wildman–Crippen LogP) is 3.12. The molecule has 116 valence electrons. The van der Waals surface area contributed by atoms with Crippen LogP contribution in [0.4, 0.5) is 11.4 Å². The van der Waals surface area contributed by atoms with E-state index in [9.17, 15) is 13.2 Å². The number of benzene rings is 2. The first-order chi connectivity index (χ1) is 10.3. The van der Waals surface area contributed by atoms with Crippen molar-refractivity contribution in [3.05, 3.63) is 53.6 Å². The lowest BCUT2D eigenvalue weighted by Gasteiger charge is -2.15. The van der Waals surface area contributed by atoms with Crippen LogP contribution in [0.3, 0.4) is 0 Å². The summed E-state index contributed by atoms with van der Waals surface area (Å²) < 4.78 is 27.1. The molecule has 0 aromatic heterocycles. The molecule has 5 nitrogen and oxygen atoms in total. The second-order valence-corrected chi connectivity index (χ2v) is 6.75. The highest BCUT2D eigenvalue weighted by Crippen LogP contribution is 2.25. The van der Waals surface area contributed by atoms with E-state index in [1.54, 1.807) is 43.4 Å². The molecule has 2 aromatic carbocycles. The number of sulfonamides is 1. The predicted molar refractivity (Wildman–Crippen MR) is 87.8 cm³/mol. The van der Waals surface area contributed by atoms with Crippen LogP contribution >= 0.6 is 11.6 Å². The number of carbonyl (C=O) groups is 1. The van der Waals surface area contributed by atoms with E-state index in [1.807, 2.05) is 0 Å². The smallest absolute Gasteiger partial charge is 0.261 e. The van der Waals surface area contributed by atoms with Crippen LogP contribution in [0, 0.1) is 0 Å². The van der Waals surface area contributed by atoms with Gasteiger partial charge in [-0.1, -0.05) is 23.7 Å². The van der Waals surface area contributed by atoms with Gasteiger partial charge in [0.05, 0.1) is 15.6 Å². The minimum absolute atomic E-state index is 0.0909. The van der Waals surface area contributed by atoms with Crippen molar-refractivity contribution in [1.29, 1.82) is 0 Å². The Morgan fingerprint density at radius 2 is 1.68 bits per heavy atom. The molecule has 1 N–H and O–H groups in total. The van der Waals surface area contributed by atoms with Crippen LogP contribution in [0.5, 0.6) is 0 Å². The minimum atomic E-state index is -3.74. The van der Waals surface area contributed by atoms with E-state index < -0.39 is 10.0 Å². The third-order valence-corrected chi connectivity index (χ3v) is 4.84. The van der Waals surface area contributed by atoms with Crippen molar-refractivity contribution in [2.24, 2.45) is 0 Å². The van der Waals surface area contributed by atoms with Crippen LogP contribution in [-0.4, -0.2) is 21.4 Å². The van der Waals surface area contributed by atoms with Crippen LogP contribution in [0.25, 0.3) is 0 Å². The lowest BCUT2D eigenvalue weighted by atomic mass is 10.3. The summed E-state index contributed by atoms with van der Waals surface area (Å²) in [7, 11) is -2.12. The lowest BCUT2D eigenvalue weighted by Crippen LogP contribution is -2.22. The Hall–Kier alpha value is -2.05. The average molecular weight is 339 g/mol. The van der Waals surface area contributed by atoms with E-state index in [-0.39, 0.29) is 10.8 Å². The molecule has 0 spiro atoms. The first-order valence-corrected chi connectivity index (χ1v) is 8.29. The molecule has 0 aliphatic heterocycles. The molecule has 0 aliphatic rings. The normalized spacial score (nSPS) is 11.0. The Kier molecular flexibility index (Phi) is 4.73. The van der Waals surface area contributed by atoms with Crippen molar-refractivity contribution >= 4 is 38.9 Å². The summed E-state index contributed by atoms with van der Waals surface area (Å²) in [5.41, 5.74) is 0.929. The summed E-state index contributed by atoms with van der Waals surface area (Å²) >= 11 is 5.95. The van der Waals surface area contributed by atoms with Gasteiger partial charge in [0.15, 0.2) is 0 Å². The number of hydrogen-bond donors (Lipinski definition) is 1. The topological polar surface area (TPSA) is 66.5 Å². The fraction of sp³-hybridized carbons (Fsp3) is 0.133. The highest BCUT2D eigenvalue weighted by atomic mass is 35.5. The molecule has 1 amide bonds. The Morgan fingerprint density at radius 1 is 1.09 bits per heavy atom. The van der Waals surface area contributed by atoms with Crippen LogP contribution in [0.1, 0.15) is 6.92 Å². The van der Waals surface area contributed by atoms with E-state index in [0.29, 0.717) is 16.4 Å². The van der Waals surface area contributed by atoms with E-state index in [4.69, 9.17) is 11.6 Å². The fourth-order valence-electron chi connectivity index (χ4n) is 1.78. The largest absolute Gasteiger partial charge is 0.316 e. The molecular weight excluding hydrogens is 324 g/mol. The van der Waals surface area contributed by atoms with Gasteiger partial charge < -0.3 is 4.90 Å². The van der Waals surface area contributed by atoms with Gasteiger partial charge in [-0.2, -0.15) is 0 Å². The number of nitrogens with zero attached hydrogens (tertiary/aromatic N) is 1. The summed E-state index contributed by atoms with van der Waals surface area (Å²) in [5.74, 6) is -0.134. The van der Waals surface area contributed by atoms with Gasteiger partial charge in [0, 0.05) is 19.7 Å². The summed E-state index contributed by atoms with van der Waals surface area (Å²) in [6.07, 6.45) is 0. The van der Waals surface area contributed by atoms with E-state index in [2.05, 4.69) is 4.72 Å². The maximum absolute atomic E-state index is 12.3. The highest BCUT2D eigenvalue weighted by Gasteiger charge is 2.16. The molecule has 0 bridgehead atoms. The summed E-state index contributed by atoms with van der Waals surface area (Å²) in [6, 6.07) is 12.6. The van der Waals surface area contributed by atoms with Gasteiger partial charge in [-0.3, -0.25) is 9.52 Å². The third-order valence-electron chi connectivity index (χ3n) is 3.12. The fourth-order valence-corrected chi connectivity index (χ4v) is 3.10. The number of amides is 1. The van der Waals surface area contributed by atoms with Crippen LogP contribution in [0.15, 0.2) is 53.4 Å². The zero-order valence-corrected chi connectivity index (χ0v) is 13.6. The minimum Gasteiger partial charge on any atom is -0.316 e. The monoisotopic (exact) mass is 338 g/mol. The quantitative estimate of drug-likeness (QED) is 0.931. The molecule has 2 rings (SSSR count). The average Bonchev–Trinajstić information content (AvgIpc) is 2.49. The third kappa shape index (κ3) is 3.58. The Morgan fingerprint density at radius 3 is 2.23 bits per heavy atom. The van der Waals surface area contributed by atoms with Crippen molar-refractivity contribution in [1.82, 2.24) is 0 Å². The van der Waals surface area contributed by atoms with Crippen LogP contribution < -0.4 is 9.62 Å². The number of rotatable bonds is 4. The number of hydrogen-bond acceptors (Lipinski definition) is 3. The van der Waals surface area contributed by atoms with Crippen molar-refractivity contribution in [3.63, 3.8) is 0 Å². The molecular formula is C15H15ClN2O3S. The van der Waals surface area contributed by atoms with Gasteiger partial charge in [-0.15, -0.1) is 0 Å². The van der Waals surface area contributed by atoms with Crippen molar-refractivity contribution in [2.45, 2.75) is 11.8 Å². The van der Waals surface area contributed by atoms with Gasteiger partial charge in [0.2, 0.25) is 5.91 Å². The standard InChI is InChI=1S/C15H15ClN2O3S/c1-11(19)18(2)12-7-9-13(10-8-12)22(20,21)17-15-6-4-3-5-14(15)16/h3-10,17H,1-2H3.